The predicted octanol–water partition coefficient (Wildman–Crippen LogP) is 2.01. The summed E-state index contributed by atoms with van der Waals surface area (Å²) in [6, 6.07) is 10.0. The van der Waals surface area contributed by atoms with Gasteiger partial charge in [-0.25, -0.2) is 9.59 Å². The Morgan fingerprint density at radius 1 is 0.828 bits per heavy atom. The molecule has 0 spiro atoms. The highest BCUT2D eigenvalue weighted by Gasteiger charge is 2.26. The third kappa shape index (κ3) is 7.76. The molecule has 7 heteroatoms. The molecule has 29 heavy (non-hydrogen) atoms. The van der Waals surface area contributed by atoms with E-state index < -0.39 is 11.9 Å². The molecule has 0 bridgehead atoms. The third-order valence-electron chi connectivity index (χ3n) is 5.95. The number of benzene rings is 1. The van der Waals surface area contributed by atoms with Gasteiger partial charge in [0.15, 0.2) is 0 Å². The van der Waals surface area contributed by atoms with Gasteiger partial charge in [-0.2, -0.15) is 0 Å². The van der Waals surface area contributed by atoms with Gasteiger partial charge in [-0.1, -0.05) is 38.1 Å². The van der Waals surface area contributed by atoms with Gasteiger partial charge in [0, 0.05) is 38.8 Å². The van der Waals surface area contributed by atoms with Crippen molar-refractivity contribution in [3.05, 3.63) is 35.4 Å². The third-order valence-corrected chi connectivity index (χ3v) is 5.95. The van der Waals surface area contributed by atoms with Crippen LogP contribution in [0.5, 0.6) is 0 Å². The number of carboxylic acid groups (broad SMARTS) is 2. The quantitative estimate of drug-likeness (QED) is 0.725. The Hall–Kier alpha value is -1.96. The minimum absolute atomic E-state index is 0.827. The van der Waals surface area contributed by atoms with Crippen LogP contribution >= 0.6 is 0 Å². The maximum atomic E-state index is 9.10. The van der Waals surface area contributed by atoms with Gasteiger partial charge in [0.2, 0.25) is 0 Å². The number of rotatable bonds is 5. The van der Waals surface area contributed by atoms with E-state index >= 15 is 0 Å². The number of carbonyl (C=O) groups is 2. The fourth-order valence-electron chi connectivity index (χ4n) is 4.03. The molecule has 0 aliphatic carbocycles. The molecule has 2 heterocycles. The molecular formula is C22H35N3O4. The van der Waals surface area contributed by atoms with Crippen molar-refractivity contribution in [2.45, 2.75) is 45.7 Å². The molecule has 0 radical (unpaired) electrons. The molecule has 1 aromatic rings. The minimum Gasteiger partial charge on any atom is -0.473 e. The van der Waals surface area contributed by atoms with Crippen LogP contribution in [0.4, 0.5) is 0 Å². The van der Waals surface area contributed by atoms with Gasteiger partial charge in [0.25, 0.3) is 0 Å². The van der Waals surface area contributed by atoms with Crippen molar-refractivity contribution in [1.82, 2.24) is 14.7 Å². The van der Waals surface area contributed by atoms with E-state index in [1.807, 2.05) is 0 Å². The van der Waals surface area contributed by atoms with Crippen LogP contribution in [0.3, 0.4) is 0 Å². The summed E-state index contributed by atoms with van der Waals surface area (Å²) in [7, 11) is 0. The topological polar surface area (TPSA) is 84.3 Å². The largest absolute Gasteiger partial charge is 0.473 e. The predicted molar refractivity (Wildman–Crippen MR) is 113 cm³/mol. The van der Waals surface area contributed by atoms with Gasteiger partial charge in [0.1, 0.15) is 0 Å². The number of hydrogen-bond acceptors (Lipinski definition) is 5. The molecule has 3 rings (SSSR count). The number of nitrogens with zero attached hydrogens (tertiary/aromatic N) is 3. The van der Waals surface area contributed by atoms with Crippen LogP contribution in [-0.2, 0) is 22.6 Å². The van der Waals surface area contributed by atoms with Crippen molar-refractivity contribution in [3.8, 4) is 0 Å². The minimum atomic E-state index is -1.82. The Balaban J connectivity index is 0.000000438. The van der Waals surface area contributed by atoms with Crippen molar-refractivity contribution in [2.24, 2.45) is 0 Å². The summed E-state index contributed by atoms with van der Waals surface area (Å²) >= 11 is 0. The molecule has 162 valence electrons. The summed E-state index contributed by atoms with van der Waals surface area (Å²) in [4.78, 5) is 26.2. The molecule has 2 fully saturated rings. The van der Waals surface area contributed by atoms with Crippen LogP contribution in [0.25, 0.3) is 0 Å². The molecule has 2 saturated heterocycles. The van der Waals surface area contributed by atoms with E-state index in [4.69, 9.17) is 19.8 Å². The fraction of sp³-hybridized carbons (Fsp3) is 0.636. The van der Waals surface area contributed by atoms with E-state index in [2.05, 4.69) is 52.8 Å². The molecule has 0 aromatic heterocycles. The normalized spacial score (nSPS) is 19.4. The second-order valence-electron chi connectivity index (χ2n) is 7.76. The van der Waals surface area contributed by atoms with Crippen LogP contribution in [-0.4, -0.2) is 88.7 Å². The summed E-state index contributed by atoms with van der Waals surface area (Å²) < 4.78 is 0. The van der Waals surface area contributed by atoms with Crippen molar-refractivity contribution in [3.63, 3.8) is 0 Å². The molecule has 2 N–H and O–H groups in total. The SMILES string of the molecule is CCc1ccc(CN2CCC(N3CCN(CC)CC3)CC2)cc1.O=C(O)C(=O)O. The number of hydrogen-bond donors (Lipinski definition) is 2. The molecule has 0 amide bonds. The van der Waals surface area contributed by atoms with E-state index in [0.29, 0.717) is 0 Å². The summed E-state index contributed by atoms with van der Waals surface area (Å²) in [6.45, 7) is 14.4. The molecule has 2 aliphatic rings. The highest BCUT2D eigenvalue weighted by Crippen LogP contribution is 2.20. The average Bonchev–Trinajstić information content (AvgIpc) is 2.75. The smallest absolute Gasteiger partial charge is 0.414 e. The summed E-state index contributed by atoms with van der Waals surface area (Å²) in [5.74, 6) is -3.65. The molecule has 2 aliphatic heterocycles. The highest BCUT2D eigenvalue weighted by atomic mass is 16.4. The standard InChI is InChI=1S/C20H33N3.C2H2O4/c1-3-18-5-7-19(8-6-18)17-22-11-9-20(10-12-22)23-15-13-21(4-2)14-16-23;3-1(4)2(5)6/h5-8,20H,3-4,9-17H2,1-2H3;(H,3,4)(H,5,6). The second-order valence-corrected chi connectivity index (χ2v) is 7.76. The van der Waals surface area contributed by atoms with Gasteiger partial charge >= 0.3 is 11.9 Å². The van der Waals surface area contributed by atoms with Gasteiger partial charge in [-0.05, 0) is 50.0 Å². The van der Waals surface area contributed by atoms with Crippen LogP contribution in [0.15, 0.2) is 24.3 Å². The van der Waals surface area contributed by atoms with Gasteiger partial charge in [0.05, 0.1) is 0 Å². The van der Waals surface area contributed by atoms with Gasteiger partial charge in [-0.15, -0.1) is 0 Å². The molecule has 7 nitrogen and oxygen atoms in total. The first-order valence-electron chi connectivity index (χ1n) is 10.7. The number of aliphatic carboxylic acids is 2. The van der Waals surface area contributed by atoms with E-state index in [-0.39, 0.29) is 0 Å². The molecule has 0 saturated carbocycles. The second kappa shape index (κ2) is 11.9. The average molecular weight is 406 g/mol. The van der Waals surface area contributed by atoms with Crippen LogP contribution in [0.2, 0.25) is 0 Å². The van der Waals surface area contributed by atoms with Gasteiger partial charge in [-0.3, -0.25) is 9.80 Å². The summed E-state index contributed by atoms with van der Waals surface area (Å²) in [5.41, 5.74) is 2.91. The Morgan fingerprint density at radius 3 is 1.79 bits per heavy atom. The van der Waals surface area contributed by atoms with E-state index in [0.717, 1.165) is 19.0 Å². The molecule has 1 aromatic carbocycles. The van der Waals surface area contributed by atoms with Gasteiger partial charge < -0.3 is 15.1 Å². The van der Waals surface area contributed by atoms with E-state index in [1.165, 1.54) is 69.8 Å². The van der Waals surface area contributed by atoms with Crippen LogP contribution in [0.1, 0.15) is 37.8 Å². The lowest BCUT2D eigenvalue weighted by Gasteiger charge is -2.42. The number of piperazine rings is 1. The Kier molecular flexibility index (Phi) is 9.57. The summed E-state index contributed by atoms with van der Waals surface area (Å²) in [5, 5.41) is 14.8. The fourth-order valence-corrected chi connectivity index (χ4v) is 4.03. The maximum Gasteiger partial charge on any atom is 0.414 e. The molecule has 0 unspecified atom stereocenters. The molecule has 0 atom stereocenters. The molecular weight excluding hydrogens is 370 g/mol. The summed E-state index contributed by atoms with van der Waals surface area (Å²) in [6.07, 6.45) is 3.83. The number of carboxylic acids is 2. The highest BCUT2D eigenvalue weighted by molar-refractivity contribution is 6.27. The zero-order chi connectivity index (χ0) is 21.2. The number of aryl methyl sites for hydroxylation is 1. The first kappa shape index (κ1) is 23.3. The Labute approximate surface area is 173 Å². The van der Waals surface area contributed by atoms with Crippen molar-refractivity contribution in [2.75, 3.05) is 45.8 Å². The lowest BCUT2D eigenvalue weighted by atomic mass is 10.0. The van der Waals surface area contributed by atoms with Crippen LogP contribution in [0, 0.1) is 0 Å². The Bertz CT molecular complexity index is 622. The zero-order valence-corrected chi connectivity index (χ0v) is 17.7. The van der Waals surface area contributed by atoms with Crippen molar-refractivity contribution < 1.29 is 19.8 Å². The van der Waals surface area contributed by atoms with Crippen molar-refractivity contribution >= 4 is 11.9 Å². The van der Waals surface area contributed by atoms with E-state index in [1.54, 1.807) is 0 Å². The van der Waals surface area contributed by atoms with Crippen molar-refractivity contribution in [1.29, 1.82) is 0 Å². The van der Waals surface area contributed by atoms with E-state index in [9.17, 15) is 0 Å². The number of piperidine rings is 1. The first-order valence-corrected chi connectivity index (χ1v) is 10.7. The number of likely N-dealkylation sites (N-methyl/N-ethyl adjacent to an activating group) is 1. The Morgan fingerprint density at radius 2 is 1.34 bits per heavy atom. The van der Waals surface area contributed by atoms with Crippen LogP contribution < -0.4 is 0 Å². The zero-order valence-electron chi connectivity index (χ0n) is 17.7. The first-order chi connectivity index (χ1) is 13.9. The monoisotopic (exact) mass is 405 g/mol. The lowest BCUT2D eigenvalue weighted by Crippen LogP contribution is -2.52. The maximum absolute atomic E-state index is 9.10. The number of likely N-dealkylation sites (tertiary alicyclic amines) is 1. The lowest BCUT2D eigenvalue weighted by molar-refractivity contribution is -0.159.